The van der Waals surface area contributed by atoms with Gasteiger partial charge in [-0.2, -0.15) is 0 Å². The Morgan fingerprint density at radius 1 is 1.11 bits per heavy atom. The first-order valence-electron chi connectivity index (χ1n) is 8.74. The normalized spacial score (nSPS) is 10.6. The zero-order valence-corrected chi connectivity index (χ0v) is 16.2. The lowest BCUT2D eigenvalue weighted by molar-refractivity contribution is -0.116. The second-order valence-corrected chi connectivity index (χ2v) is 6.38. The molecule has 0 radical (unpaired) electrons. The van der Waals surface area contributed by atoms with Gasteiger partial charge < -0.3 is 15.4 Å². The summed E-state index contributed by atoms with van der Waals surface area (Å²) in [6.45, 7) is 2.03. The molecule has 27 heavy (non-hydrogen) atoms. The van der Waals surface area contributed by atoms with E-state index in [1.165, 1.54) is 13.2 Å². The predicted molar refractivity (Wildman–Crippen MR) is 110 cm³/mol. The monoisotopic (exact) mass is 386 g/mol. The third-order valence-electron chi connectivity index (χ3n) is 3.80. The molecule has 0 aromatic heterocycles. The quantitative estimate of drug-likeness (QED) is 0.618. The van der Waals surface area contributed by atoms with Gasteiger partial charge in [0, 0.05) is 29.3 Å². The number of rotatable bonds is 8. The number of amides is 2. The van der Waals surface area contributed by atoms with Crippen LogP contribution in [0.4, 0.5) is 11.4 Å². The lowest BCUT2D eigenvalue weighted by atomic mass is 10.2. The van der Waals surface area contributed by atoms with Gasteiger partial charge in [0.2, 0.25) is 11.8 Å². The maximum absolute atomic E-state index is 12.1. The van der Waals surface area contributed by atoms with Crippen molar-refractivity contribution in [2.75, 3.05) is 17.7 Å². The number of halogens is 1. The van der Waals surface area contributed by atoms with Crippen LogP contribution in [0.1, 0.15) is 31.7 Å². The van der Waals surface area contributed by atoms with E-state index in [2.05, 4.69) is 10.6 Å². The number of anilines is 2. The number of hydrogen-bond acceptors (Lipinski definition) is 3. The SMILES string of the molecule is CCCCC(=O)Nc1ccc(NC(=O)/C=C/c2ccc(Cl)cc2)cc1OC. The Labute approximate surface area is 164 Å². The van der Waals surface area contributed by atoms with E-state index in [0.717, 1.165) is 18.4 Å². The van der Waals surface area contributed by atoms with Crippen LogP contribution in [-0.4, -0.2) is 18.9 Å². The molecule has 2 aromatic rings. The van der Waals surface area contributed by atoms with Crippen molar-refractivity contribution in [2.24, 2.45) is 0 Å². The molecule has 0 aliphatic carbocycles. The van der Waals surface area contributed by atoms with Crippen LogP contribution in [0.15, 0.2) is 48.5 Å². The molecule has 0 aliphatic rings. The number of ether oxygens (including phenoxy) is 1. The van der Waals surface area contributed by atoms with Crippen LogP contribution in [0.3, 0.4) is 0 Å². The first-order chi connectivity index (χ1) is 13.0. The minimum absolute atomic E-state index is 0.0576. The first kappa shape index (κ1) is 20.5. The van der Waals surface area contributed by atoms with Crippen molar-refractivity contribution >= 4 is 40.9 Å². The summed E-state index contributed by atoms with van der Waals surface area (Å²) in [5.41, 5.74) is 2.02. The van der Waals surface area contributed by atoms with E-state index in [-0.39, 0.29) is 11.8 Å². The molecule has 6 heteroatoms. The number of unbranched alkanes of at least 4 members (excludes halogenated alkanes) is 1. The Kier molecular flexibility index (Phi) is 7.89. The highest BCUT2D eigenvalue weighted by Crippen LogP contribution is 2.28. The second-order valence-electron chi connectivity index (χ2n) is 5.94. The van der Waals surface area contributed by atoms with Crippen molar-refractivity contribution in [2.45, 2.75) is 26.2 Å². The van der Waals surface area contributed by atoms with Gasteiger partial charge in [0.1, 0.15) is 5.75 Å². The van der Waals surface area contributed by atoms with Crippen molar-refractivity contribution in [1.29, 1.82) is 0 Å². The molecule has 0 heterocycles. The zero-order valence-electron chi connectivity index (χ0n) is 15.4. The number of methoxy groups -OCH3 is 1. The maximum Gasteiger partial charge on any atom is 0.248 e. The van der Waals surface area contributed by atoms with Gasteiger partial charge in [0.15, 0.2) is 0 Å². The van der Waals surface area contributed by atoms with Crippen molar-refractivity contribution in [1.82, 2.24) is 0 Å². The summed E-state index contributed by atoms with van der Waals surface area (Å²) < 4.78 is 5.32. The fourth-order valence-electron chi connectivity index (χ4n) is 2.35. The van der Waals surface area contributed by atoms with Gasteiger partial charge in [0.25, 0.3) is 0 Å². The molecule has 2 N–H and O–H groups in total. The summed E-state index contributed by atoms with van der Waals surface area (Å²) >= 11 is 5.84. The Morgan fingerprint density at radius 3 is 2.52 bits per heavy atom. The Morgan fingerprint density at radius 2 is 1.85 bits per heavy atom. The minimum Gasteiger partial charge on any atom is -0.494 e. The van der Waals surface area contributed by atoms with Crippen molar-refractivity contribution in [3.63, 3.8) is 0 Å². The Balaban J connectivity index is 2.00. The van der Waals surface area contributed by atoms with E-state index in [1.54, 1.807) is 36.4 Å². The van der Waals surface area contributed by atoms with Crippen molar-refractivity contribution in [3.8, 4) is 5.75 Å². The summed E-state index contributed by atoms with van der Waals surface area (Å²) in [5, 5.41) is 6.24. The predicted octanol–water partition coefficient (Wildman–Crippen LogP) is 5.13. The minimum atomic E-state index is -0.272. The molecule has 2 amide bonds. The highest BCUT2D eigenvalue weighted by atomic mass is 35.5. The average Bonchev–Trinajstić information content (AvgIpc) is 2.67. The third-order valence-corrected chi connectivity index (χ3v) is 4.05. The smallest absolute Gasteiger partial charge is 0.248 e. The van der Waals surface area contributed by atoms with E-state index < -0.39 is 0 Å². The fraction of sp³-hybridized carbons (Fsp3) is 0.238. The van der Waals surface area contributed by atoms with Crippen LogP contribution in [0.25, 0.3) is 6.08 Å². The topological polar surface area (TPSA) is 67.4 Å². The van der Waals surface area contributed by atoms with Gasteiger partial charge in [0.05, 0.1) is 12.8 Å². The van der Waals surface area contributed by atoms with E-state index in [1.807, 2.05) is 19.1 Å². The summed E-state index contributed by atoms with van der Waals surface area (Å²) in [5.74, 6) is 0.156. The molecule has 2 rings (SSSR count). The number of hydrogen-bond donors (Lipinski definition) is 2. The van der Waals surface area contributed by atoms with Crippen molar-refractivity contribution in [3.05, 3.63) is 59.1 Å². The number of benzene rings is 2. The van der Waals surface area contributed by atoms with Gasteiger partial charge in [-0.05, 0) is 42.3 Å². The molecule has 5 nitrogen and oxygen atoms in total. The van der Waals surface area contributed by atoms with E-state index in [4.69, 9.17) is 16.3 Å². The molecule has 0 saturated carbocycles. The molecular weight excluding hydrogens is 364 g/mol. The summed E-state index contributed by atoms with van der Waals surface area (Å²) in [7, 11) is 1.52. The first-order valence-corrected chi connectivity index (χ1v) is 9.12. The van der Waals surface area contributed by atoms with E-state index in [0.29, 0.717) is 28.6 Å². The maximum atomic E-state index is 12.1. The molecule has 142 valence electrons. The van der Waals surface area contributed by atoms with Gasteiger partial charge in [-0.15, -0.1) is 0 Å². The molecule has 0 unspecified atom stereocenters. The molecular formula is C21H23ClN2O3. The molecule has 0 spiro atoms. The molecule has 0 fully saturated rings. The zero-order chi connectivity index (χ0) is 19.6. The third kappa shape index (κ3) is 6.79. The van der Waals surface area contributed by atoms with Crippen molar-refractivity contribution < 1.29 is 14.3 Å². The van der Waals surface area contributed by atoms with E-state index in [9.17, 15) is 9.59 Å². The van der Waals surface area contributed by atoms with Gasteiger partial charge >= 0.3 is 0 Å². The van der Waals surface area contributed by atoms with Crippen LogP contribution < -0.4 is 15.4 Å². The van der Waals surface area contributed by atoms with Crippen LogP contribution in [0, 0.1) is 0 Å². The Bertz CT molecular complexity index is 817. The number of carbonyl (C=O) groups excluding carboxylic acids is 2. The van der Waals surface area contributed by atoms with Gasteiger partial charge in [-0.3, -0.25) is 9.59 Å². The number of nitrogens with one attached hydrogen (secondary N) is 2. The molecule has 2 aromatic carbocycles. The molecule has 0 saturated heterocycles. The highest BCUT2D eigenvalue weighted by Gasteiger charge is 2.09. The van der Waals surface area contributed by atoms with E-state index >= 15 is 0 Å². The summed E-state index contributed by atoms with van der Waals surface area (Å²) in [4.78, 5) is 24.0. The summed E-state index contributed by atoms with van der Waals surface area (Å²) in [6.07, 6.45) is 5.40. The molecule has 0 aliphatic heterocycles. The van der Waals surface area contributed by atoms with Gasteiger partial charge in [-0.1, -0.05) is 37.1 Å². The summed E-state index contributed by atoms with van der Waals surface area (Å²) in [6, 6.07) is 12.3. The highest BCUT2D eigenvalue weighted by molar-refractivity contribution is 6.30. The fourth-order valence-corrected chi connectivity index (χ4v) is 2.48. The lowest BCUT2D eigenvalue weighted by Crippen LogP contribution is -2.12. The largest absolute Gasteiger partial charge is 0.494 e. The van der Waals surface area contributed by atoms with Crippen LogP contribution in [0.2, 0.25) is 5.02 Å². The van der Waals surface area contributed by atoms with Crippen LogP contribution >= 0.6 is 11.6 Å². The lowest BCUT2D eigenvalue weighted by Gasteiger charge is -2.12. The molecule has 0 bridgehead atoms. The molecule has 0 atom stereocenters. The number of carbonyl (C=O) groups is 2. The van der Waals surface area contributed by atoms with Crippen LogP contribution in [-0.2, 0) is 9.59 Å². The van der Waals surface area contributed by atoms with Crippen LogP contribution in [0.5, 0.6) is 5.75 Å². The van der Waals surface area contributed by atoms with Gasteiger partial charge in [-0.25, -0.2) is 0 Å². The Hall–Kier alpha value is -2.79. The standard InChI is InChI=1S/C21H23ClN2O3/c1-3-4-5-20(25)24-18-12-11-17(14-19(18)27-2)23-21(26)13-8-15-6-9-16(22)10-7-15/h6-14H,3-5H2,1-2H3,(H,23,26)(H,24,25)/b13-8+. The second kappa shape index (κ2) is 10.4. The average molecular weight is 387 g/mol.